The second-order valence-electron chi connectivity index (χ2n) is 7.27. The summed E-state index contributed by atoms with van der Waals surface area (Å²) in [5.74, 6) is 0.909. The number of rotatable bonds is 2. The van der Waals surface area contributed by atoms with Gasteiger partial charge in [-0.25, -0.2) is 4.79 Å². The maximum absolute atomic E-state index is 12.4. The van der Waals surface area contributed by atoms with Crippen LogP contribution in [-0.2, 0) is 4.79 Å². The lowest BCUT2D eigenvalue weighted by Crippen LogP contribution is -2.21. The molecule has 0 bridgehead atoms. The molecule has 144 valence electrons. The molecule has 5 rings (SSSR count). The Morgan fingerprint density at radius 3 is 2.41 bits per heavy atom. The van der Waals surface area contributed by atoms with E-state index < -0.39 is 5.63 Å². The van der Waals surface area contributed by atoms with Crippen molar-refractivity contribution in [1.82, 2.24) is 0 Å². The van der Waals surface area contributed by atoms with E-state index in [2.05, 4.69) is 0 Å². The number of carbonyl (C=O) groups excluding carboxylic acids is 1. The summed E-state index contributed by atoms with van der Waals surface area (Å²) >= 11 is 0. The van der Waals surface area contributed by atoms with E-state index >= 15 is 0 Å². The van der Waals surface area contributed by atoms with Gasteiger partial charge in [0, 0.05) is 33.7 Å². The number of aryl methyl sites for hydroxylation is 1. The Balaban J connectivity index is 1.75. The molecule has 1 unspecified atom stereocenters. The van der Waals surface area contributed by atoms with Crippen molar-refractivity contribution in [3.05, 3.63) is 81.7 Å². The van der Waals surface area contributed by atoms with Gasteiger partial charge in [-0.2, -0.15) is 0 Å². The van der Waals surface area contributed by atoms with Gasteiger partial charge in [0.25, 0.3) is 0 Å². The van der Waals surface area contributed by atoms with Crippen molar-refractivity contribution < 1.29 is 18.7 Å². The second kappa shape index (κ2) is 6.48. The number of fused-ring (bicyclic) bond motifs is 5. The lowest BCUT2D eigenvalue weighted by atomic mass is 9.85. The molecular formula is C24H18O5. The summed E-state index contributed by atoms with van der Waals surface area (Å²) in [5.41, 5.74) is 2.93. The van der Waals surface area contributed by atoms with Gasteiger partial charge < -0.3 is 13.9 Å². The van der Waals surface area contributed by atoms with Crippen molar-refractivity contribution in [2.75, 3.05) is 7.11 Å². The first-order valence-electron chi connectivity index (χ1n) is 9.40. The largest absolute Gasteiger partial charge is 0.497 e. The summed E-state index contributed by atoms with van der Waals surface area (Å²) in [6.07, 6.45) is 0.270. The fraction of sp³-hybridized carbons (Fsp3) is 0.167. The highest BCUT2D eigenvalue weighted by Crippen LogP contribution is 2.44. The van der Waals surface area contributed by atoms with E-state index in [4.69, 9.17) is 13.9 Å². The van der Waals surface area contributed by atoms with Gasteiger partial charge in [0.2, 0.25) is 0 Å². The predicted molar refractivity (Wildman–Crippen MR) is 110 cm³/mol. The molecule has 0 amide bonds. The van der Waals surface area contributed by atoms with Crippen LogP contribution in [0.15, 0.2) is 63.8 Å². The maximum atomic E-state index is 12.4. The van der Waals surface area contributed by atoms with Crippen LogP contribution in [0.4, 0.5) is 0 Å². The van der Waals surface area contributed by atoms with Crippen LogP contribution in [0.1, 0.15) is 29.0 Å². The summed E-state index contributed by atoms with van der Waals surface area (Å²) in [7, 11) is 1.62. The fourth-order valence-electron chi connectivity index (χ4n) is 4.13. The molecule has 0 fully saturated rings. The molecule has 0 spiro atoms. The van der Waals surface area contributed by atoms with Gasteiger partial charge in [-0.3, -0.25) is 4.79 Å². The molecule has 3 aromatic carbocycles. The fourth-order valence-corrected chi connectivity index (χ4v) is 4.13. The summed E-state index contributed by atoms with van der Waals surface area (Å²) in [4.78, 5) is 24.3. The Kier molecular flexibility index (Phi) is 3.91. The molecule has 1 atom stereocenters. The third kappa shape index (κ3) is 2.78. The Hall–Kier alpha value is -3.60. The summed E-state index contributed by atoms with van der Waals surface area (Å²) < 4.78 is 16.4. The topological polar surface area (TPSA) is 65.7 Å². The number of carbonyl (C=O) groups is 1. The molecule has 0 N–H and O–H groups in total. The first-order chi connectivity index (χ1) is 14.0. The highest BCUT2D eigenvalue weighted by atomic mass is 16.5. The molecule has 0 saturated heterocycles. The monoisotopic (exact) mass is 386 g/mol. The van der Waals surface area contributed by atoms with Crippen LogP contribution >= 0.6 is 0 Å². The van der Waals surface area contributed by atoms with Crippen molar-refractivity contribution in [3.8, 4) is 11.5 Å². The minimum atomic E-state index is -0.395. The van der Waals surface area contributed by atoms with E-state index in [0.29, 0.717) is 11.3 Å². The number of hydrogen-bond donors (Lipinski definition) is 0. The van der Waals surface area contributed by atoms with Crippen molar-refractivity contribution in [3.63, 3.8) is 0 Å². The standard InChI is InChI=1S/C24H18O5/c1-13-11-21(25)28-23-16(13)7-8-18-17(23)9-10-19-20(12-22(26)29-24(18)19)14-3-5-15(27-2)6-4-14/h3-11,20H,12H2,1-2H3. The smallest absolute Gasteiger partial charge is 0.336 e. The van der Waals surface area contributed by atoms with Crippen LogP contribution in [-0.4, -0.2) is 13.1 Å². The third-order valence-electron chi connectivity index (χ3n) is 5.57. The summed E-state index contributed by atoms with van der Waals surface area (Å²) in [6, 6.07) is 16.9. The molecule has 5 nitrogen and oxygen atoms in total. The Morgan fingerprint density at radius 1 is 0.931 bits per heavy atom. The van der Waals surface area contributed by atoms with E-state index in [0.717, 1.165) is 38.6 Å². The van der Waals surface area contributed by atoms with E-state index in [1.54, 1.807) is 7.11 Å². The zero-order valence-electron chi connectivity index (χ0n) is 16.0. The SMILES string of the molecule is COc1ccc(C2CC(=O)Oc3c2ccc2c3ccc3c(C)cc(=O)oc32)cc1. The molecule has 4 aromatic rings. The Labute approximate surface area is 166 Å². The minimum Gasteiger partial charge on any atom is -0.497 e. The van der Waals surface area contributed by atoms with Gasteiger partial charge in [-0.15, -0.1) is 0 Å². The molecule has 0 saturated carbocycles. The Morgan fingerprint density at radius 2 is 1.66 bits per heavy atom. The zero-order valence-corrected chi connectivity index (χ0v) is 16.0. The number of benzene rings is 3. The van der Waals surface area contributed by atoms with Crippen molar-refractivity contribution in [2.24, 2.45) is 0 Å². The molecule has 2 heterocycles. The molecule has 1 aliphatic rings. The van der Waals surface area contributed by atoms with E-state index in [1.807, 2.05) is 55.5 Å². The van der Waals surface area contributed by atoms with Crippen LogP contribution in [0.25, 0.3) is 21.7 Å². The van der Waals surface area contributed by atoms with E-state index in [9.17, 15) is 9.59 Å². The van der Waals surface area contributed by atoms with Gasteiger partial charge in [0.15, 0.2) is 0 Å². The third-order valence-corrected chi connectivity index (χ3v) is 5.57. The van der Waals surface area contributed by atoms with Crippen molar-refractivity contribution in [1.29, 1.82) is 0 Å². The Bertz CT molecular complexity index is 1330. The average molecular weight is 386 g/mol. The number of esters is 1. The van der Waals surface area contributed by atoms with Gasteiger partial charge in [0.1, 0.15) is 17.1 Å². The van der Waals surface area contributed by atoms with E-state index in [1.165, 1.54) is 6.07 Å². The lowest BCUT2D eigenvalue weighted by Gasteiger charge is -2.26. The van der Waals surface area contributed by atoms with Gasteiger partial charge in [-0.05, 0) is 36.2 Å². The normalized spacial score (nSPS) is 15.9. The lowest BCUT2D eigenvalue weighted by molar-refractivity contribution is -0.135. The number of ether oxygens (including phenoxy) is 2. The van der Waals surface area contributed by atoms with Gasteiger partial charge in [-0.1, -0.05) is 30.3 Å². The zero-order chi connectivity index (χ0) is 20.1. The van der Waals surface area contributed by atoms with Gasteiger partial charge >= 0.3 is 11.6 Å². The number of hydrogen-bond acceptors (Lipinski definition) is 5. The molecule has 0 aliphatic carbocycles. The number of methoxy groups -OCH3 is 1. The maximum Gasteiger partial charge on any atom is 0.336 e. The predicted octanol–water partition coefficient (Wildman–Crippen LogP) is 4.70. The first kappa shape index (κ1) is 17.5. The summed E-state index contributed by atoms with van der Waals surface area (Å²) in [6.45, 7) is 1.88. The quantitative estimate of drug-likeness (QED) is 0.216. The van der Waals surface area contributed by atoms with Gasteiger partial charge in [0.05, 0.1) is 13.5 Å². The van der Waals surface area contributed by atoms with Crippen LogP contribution in [0.3, 0.4) is 0 Å². The first-order valence-corrected chi connectivity index (χ1v) is 9.40. The molecule has 5 heteroatoms. The highest BCUT2D eigenvalue weighted by Gasteiger charge is 2.30. The van der Waals surface area contributed by atoms with Crippen LogP contribution in [0.2, 0.25) is 0 Å². The molecule has 29 heavy (non-hydrogen) atoms. The minimum absolute atomic E-state index is 0.109. The van der Waals surface area contributed by atoms with Crippen LogP contribution < -0.4 is 15.1 Å². The molecule has 1 aliphatic heterocycles. The average Bonchev–Trinajstić information content (AvgIpc) is 2.72. The molecule has 1 aromatic heterocycles. The van der Waals surface area contributed by atoms with Crippen molar-refractivity contribution in [2.45, 2.75) is 19.3 Å². The second-order valence-corrected chi connectivity index (χ2v) is 7.27. The van der Waals surface area contributed by atoms with Crippen molar-refractivity contribution >= 4 is 27.7 Å². The van der Waals surface area contributed by atoms with E-state index in [-0.39, 0.29) is 18.3 Å². The molecule has 0 radical (unpaired) electrons. The highest BCUT2D eigenvalue weighted by molar-refractivity contribution is 6.08. The summed E-state index contributed by atoms with van der Waals surface area (Å²) in [5, 5.41) is 2.38. The van der Waals surface area contributed by atoms with Crippen LogP contribution in [0.5, 0.6) is 11.5 Å². The molecular weight excluding hydrogens is 368 g/mol. The van der Waals surface area contributed by atoms with Crippen LogP contribution in [0, 0.1) is 6.92 Å².